The van der Waals surface area contributed by atoms with Crippen LogP contribution in [0.5, 0.6) is 0 Å². The first-order valence-electron chi connectivity index (χ1n) is 16.2. The second-order valence-corrected chi connectivity index (χ2v) is 13.0. The number of benzene rings is 3. The molecular weight excluding hydrogens is 576 g/mol. The molecule has 0 fully saturated rings. The predicted molar refractivity (Wildman–Crippen MR) is 185 cm³/mol. The van der Waals surface area contributed by atoms with E-state index in [4.69, 9.17) is 9.47 Å². The summed E-state index contributed by atoms with van der Waals surface area (Å²) in [6.07, 6.45) is 5.67. The lowest BCUT2D eigenvalue weighted by Gasteiger charge is -2.23. The molecule has 0 bridgehead atoms. The zero-order chi connectivity index (χ0) is 34.1. The van der Waals surface area contributed by atoms with Gasteiger partial charge in [-0.3, -0.25) is 0 Å². The summed E-state index contributed by atoms with van der Waals surface area (Å²) < 4.78 is 11.0. The average Bonchev–Trinajstić information content (AvgIpc) is 3.03. The van der Waals surface area contributed by atoms with Gasteiger partial charge >= 0.3 is 11.9 Å². The van der Waals surface area contributed by atoms with Crippen molar-refractivity contribution in [3.63, 3.8) is 0 Å². The highest BCUT2D eigenvalue weighted by Crippen LogP contribution is 2.31. The Hall–Kier alpha value is -4.00. The lowest BCUT2D eigenvalue weighted by atomic mass is 9.91. The Kier molecular flexibility index (Phi) is 12.7. The van der Waals surface area contributed by atoms with Gasteiger partial charge in [0, 0.05) is 0 Å². The second kappa shape index (κ2) is 16.0. The van der Waals surface area contributed by atoms with Crippen molar-refractivity contribution in [1.29, 1.82) is 0 Å². The summed E-state index contributed by atoms with van der Waals surface area (Å²) in [5.41, 5.74) is 4.92. The number of carbonyl (C=O) groups excluding carboxylic acids is 2. The first-order chi connectivity index (χ1) is 21.6. The Labute approximate surface area is 274 Å². The zero-order valence-corrected chi connectivity index (χ0v) is 28.3. The standard InChI is InChI=1S/C40H50O6/c1-9-11-12-13-29-14-16-31(17-15-29)34-22-23-36(30(10-2)24-34)33-20-18-32(19-21-33)35(25-45-37(41)27(3)39(5,6)43)26-46-38(42)28(4)40(7,8)44/h14-24,35,43-44H,3-4,9-13,25-26H2,1-2,5-8H3. The summed E-state index contributed by atoms with van der Waals surface area (Å²) in [5, 5.41) is 20.3. The summed E-state index contributed by atoms with van der Waals surface area (Å²) in [6, 6.07) is 23.3. The SMILES string of the molecule is C=C(C(=O)OCC(COC(=O)C(=C)C(C)(C)O)c1ccc(-c2ccc(-c3ccc(CCCCC)cc3)cc2CC)cc1)C(C)(C)O. The van der Waals surface area contributed by atoms with Crippen LogP contribution >= 0.6 is 0 Å². The average molecular weight is 627 g/mol. The fourth-order valence-electron chi connectivity index (χ4n) is 4.99. The maximum Gasteiger partial charge on any atom is 0.336 e. The first kappa shape index (κ1) is 36.5. The fourth-order valence-corrected chi connectivity index (χ4v) is 4.99. The molecule has 0 aliphatic carbocycles. The highest BCUT2D eigenvalue weighted by Gasteiger charge is 2.28. The number of rotatable bonds is 16. The van der Waals surface area contributed by atoms with Crippen molar-refractivity contribution >= 4 is 11.9 Å². The van der Waals surface area contributed by atoms with E-state index in [1.54, 1.807) is 0 Å². The van der Waals surface area contributed by atoms with Gasteiger partial charge in [0.15, 0.2) is 0 Å². The Bertz CT molecular complexity index is 1460. The molecule has 6 heteroatoms. The molecule has 0 aliphatic rings. The molecule has 3 aromatic rings. The largest absolute Gasteiger partial charge is 0.461 e. The van der Waals surface area contributed by atoms with E-state index in [1.807, 2.05) is 24.3 Å². The highest BCUT2D eigenvalue weighted by molar-refractivity contribution is 5.90. The monoisotopic (exact) mass is 626 g/mol. The molecule has 46 heavy (non-hydrogen) atoms. The molecule has 6 nitrogen and oxygen atoms in total. The summed E-state index contributed by atoms with van der Waals surface area (Å²) in [6.45, 7) is 17.3. The Morgan fingerprint density at radius 1 is 0.717 bits per heavy atom. The maximum atomic E-state index is 12.6. The van der Waals surface area contributed by atoms with Crippen molar-refractivity contribution in [2.75, 3.05) is 13.2 Å². The summed E-state index contributed by atoms with van der Waals surface area (Å²) >= 11 is 0. The topological polar surface area (TPSA) is 93.1 Å². The van der Waals surface area contributed by atoms with E-state index >= 15 is 0 Å². The number of esters is 2. The molecule has 2 N–H and O–H groups in total. The highest BCUT2D eigenvalue weighted by atomic mass is 16.5. The molecule has 0 heterocycles. The van der Waals surface area contributed by atoms with Crippen LogP contribution in [0.15, 0.2) is 91.0 Å². The maximum absolute atomic E-state index is 12.6. The fraction of sp³-hybridized carbons (Fsp3) is 0.400. The van der Waals surface area contributed by atoms with Gasteiger partial charge in [0.2, 0.25) is 0 Å². The number of aryl methyl sites for hydroxylation is 2. The smallest absolute Gasteiger partial charge is 0.336 e. The third-order valence-electron chi connectivity index (χ3n) is 8.34. The van der Waals surface area contributed by atoms with Crippen LogP contribution in [0.1, 0.15) is 83.4 Å². The number of carbonyl (C=O) groups is 2. The number of unbranched alkanes of at least 4 members (excludes halogenated alkanes) is 2. The van der Waals surface area contributed by atoms with Gasteiger partial charge < -0.3 is 19.7 Å². The van der Waals surface area contributed by atoms with E-state index in [-0.39, 0.29) is 24.4 Å². The van der Waals surface area contributed by atoms with E-state index in [0.717, 1.165) is 29.5 Å². The van der Waals surface area contributed by atoms with Crippen LogP contribution in [0.3, 0.4) is 0 Å². The number of ether oxygens (including phenoxy) is 2. The normalized spacial score (nSPS) is 11.8. The van der Waals surface area contributed by atoms with E-state index in [2.05, 4.69) is 69.5 Å². The minimum absolute atomic E-state index is 0.0764. The third kappa shape index (κ3) is 10.0. The van der Waals surface area contributed by atoms with E-state index in [9.17, 15) is 19.8 Å². The van der Waals surface area contributed by atoms with Gasteiger partial charge in [0.05, 0.1) is 28.3 Å². The molecule has 246 valence electrons. The summed E-state index contributed by atoms with van der Waals surface area (Å²) in [4.78, 5) is 25.2. The minimum Gasteiger partial charge on any atom is -0.461 e. The molecule has 0 amide bonds. The van der Waals surface area contributed by atoms with Crippen LogP contribution in [0.2, 0.25) is 0 Å². The predicted octanol–water partition coefficient (Wildman–Crippen LogP) is 8.14. The Morgan fingerprint density at radius 3 is 1.70 bits per heavy atom. The lowest BCUT2D eigenvalue weighted by Crippen LogP contribution is -2.30. The summed E-state index contributed by atoms with van der Waals surface area (Å²) in [7, 11) is 0. The van der Waals surface area contributed by atoms with Gasteiger partial charge in [-0.05, 0) is 85.9 Å². The van der Waals surface area contributed by atoms with Gasteiger partial charge in [0.25, 0.3) is 0 Å². The van der Waals surface area contributed by atoms with Crippen LogP contribution in [-0.4, -0.2) is 46.6 Å². The lowest BCUT2D eigenvalue weighted by molar-refractivity contribution is -0.144. The van der Waals surface area contributed by atoms with Gasteiger partial charge in [-0.25, -0.2) is 9.59 Å². The van der Waals surface area contributed by atoms with Gasteiger partial charge in [-0.15, -0.1) is 0 Å². The van der Waals surface area contributed by atoms with Crippen LogP contribution < -0.4 is 0 Å². The first-order valence-corrected chi connectivity index (χ1v) is 16.2. The van der Waals surface area contributed by atoms with Crippen molar-refractivity contribution in [2.24, 2.45) is 0 Å². The van der Waals surface area contributed by atoms with Crippen LogP contribution in [0, 0.1) is 0 Å². The molecule has 3 rings (SSSR count). The summed E-state index contributed by atoms with van der Waals surface area (Å²) in [5.74, 6) is -1.98. The van der Waals surface area contributed by atoms with Crippen molar-refractivity contribution in [1.82, 2.24) is 0 Å². The van der Waals surface area contributed by atoms with Crippen molar-refractivity contribution in [3.05, 3.63) is 108 Å². The molecule has 0 unspecified atom stereocenters. The Morgan fingerprint density at radius 2 is 1.22 bits per heavy atom. The molecule has 3 aromatic carbocycles. The molecule has 0 spiro atoms. The van der Waals surface area contributed by atoms with Crippen LogP contribution in [-0.2, 0) is 31.9 Å². The van der Waals surface area contributed by atoms with Crippen molar-refractivity contribution < 1.29 is 29.3 Å². The van der Waals surface area contributed by atoms with E-state index in [1.165, 1.54) is 69.2 Å². The second-order valence-electron chi connectivity index (χ2n) is 13.0. The number of aliphatic hydroxyl groups is 2. The van der Waals surface area contributed by atoms with Gasteiger partial charge in [-0.2, -0.15) is 0 Å². The molecule has 0 saturated heterocycles. The van der Waals surface area contributed by atoms with Crippen LogP contribution in [0.4, 0.5) is 0 Å². The number of hydrogen-bond donors (Lipinski definition) is 2. The molecule has 0 aliphatic heterocycles. The molecular formula is C40H50O6. The molecule has 0 aromatic heterocycles. The van der Waals surface area contributed by atoms with Gasteiger partial charge in [-0.1, -0.05) is 107 Å². The zero-order valence-electron chi connectivity index (χ0n) is 28.3. The van der Waals surface area contributed by atoms with Crippen molar-refractivity contribution in [2.45, 2.75) is 90.8 Å². The molecule has 0 radical (unpaired) electrons. The van der Waals surface area contributed by atoms with E-state index in [0.29, 0.717) is 0 Å². The Balaban J connectivity index is 1.82. The minimum atomic E-state index is -1.44. The van der Waals surface area contributed by atoms with Crippen LogP contribution in [0.25, 0.3) is 22.3 Å². The van der Waals surface area contributed by atoms with Crippen molar-refractivity contribution in [3.8, 4) is 22.3 Å². The number of hydrogen-bond acceptors (Lipinski definition) is 6. The van der Waals surface area contributed by atoms with E-state index < -0.39 is 29.1 Å². The quantitative estimate of drug-likeness (QED) is 0.0947. The third-order valence-corrected chi connectivity index (χ3v) is 8.34. The molecule has 0 atom stereocenters. The molecule has 0 saturated carbocycles. The van der Waals surface area contributed by atoms with Gasteiger partial charge in [0.1, 0.15) is 13.2 Å².